The van der Waals surface area contributed by atoms with Crippen LogP contribution in [-0.2, 0) is 6.42 Å². The molecule has 1 N–H and O–H groups in total. The molecule has 0 bridgehead atoms. The molecule has 0 heterocycles. The van der Waals surface area contributed by atoms with Crippen LogP contribution in [0.5, 0.6) is 0 Å². The number of hydrogen-bond acceptors (Lipinski definition) is 2. The maximum Gasteiger partial charge on any atom is 0.141 e. The first-order valence-electron chi connectivity index (χ1n) is 6.58. The van der Waals surface area contributed by atoms with Crippen LogP contribution < -0.4 is 5.32 Å². The van der Waals surface area contributed by atoms with E-state index in [1.54, 1.807) is 23.9 Å². The van der Waals surface area contributed by atoms with Gasteiger partial charge in [-0.1, -0.05) is 39.7 Å². The minimum atomic E-state index is -0.370. The molecule has 0 aliphatic heterocycles. The van der Waals surface area contributed by atoms with Crippen molar-refractivity contribution >= 4 is 39.3 Å². The number of thioether (sulfide) groups is 1. The van der Waals surface area contributed by atoms with E-state index in [4.69, 9.17) is 11.6 Å². The van der Waals surface area contributed by atoms with Crippen molar-refractivity contribution in [1.82, 2.24) is 5.32 Å². The smallest absolute Gasteiger partial charge is 0.141 e. The van der Waals surface area contributed by atoms with Crippen molar-refractivity contribution in [2.75, 3.05) is 12.8 Å². The number of likely N-dealkylation sites (N-methyl/N-ethyl adjacent to an activating group) is 1. The van der Waals surface area contributed by atoms with Gasteiger partial charge >= 0.3 is 0 Å². The van der Waals surface area contributed by atoms with Crippen molar-refractivity contribution in [3.63, 3.8) is 0 Å². The van der Waals surface area contributed by atoms with Crippen LogP contribution in [-0.4, -0.2) is 18.8 Å². The fraction of sp³-hybridized carbons (Fsp3) is 0.250. The number of halogens is 3. The quantitative estimate of drug-likeness (QED) is 0.686. The van der Waals surface area contributed by atoms with Crippen molar-refractivity contribution in [2.24, 2.45) is 0 Å². The second-order valence-corrected chi connectivity index (χ2v) is 7.12. The molecule has 0 aliphatic rings. The van der Waals surface area contributed by atoms with Crippen LogP contribution in [0.3, 0.4) is 0 Å². The van der Waals surface area contributed by atoms with E-state index in [1.165, 1.54) is 11.0 Å². The van der Waals surface area contributed by atoms with Crippen LogP contribution in [0.1, 0.15) is 5.56 Å². The summed E-state index contributed by atoms with van der Waals surface area (Å²) < 4.78 is 14.3. The summed E-state index contributed by atoms with van der Waals surface area (Å²) >= 11 is 11.1. The van der Waals surface area contributed by atoms with Crippen LogP contribution in [0.4, 0.5) is 4.39 Å². The first-order chi connectivity index (χ1) is 10.1. The highest BCUT2D eigenvalue weighted by atomic mass is 79.9. The predicted molar refractivity (Wildman–Crippen MR) is 92.8 cm³/mol. The van der Waals surface area contributed by atoms with Crippen LogP contribution in [0, 0.1) is 5.82 Å². The zero-order valence-electron chi connectivity index (χ0n) is 11.6. The Kier molecular flexibility index (Phi) is 6.55. The van der Waals surface area contributed by atoms with Crippen LogP contribution in [0.15, 0.2) is 51.8 Å². The first kappa shape index (κ1) is 16.8. The largest absolute Gasteiger partial charge is 0.316 e. The molecular formula is C16H16BrClFNS. The van der Waals surface area contributed by atoms with Gasteiger partial charge in [0.1, 0.15) is 5.82 Å². The molecule has 1 unspecified atom stereocenters. The van der Waals surface area contributed by atoms with E-state index in [1.807, 2.05) is 19.2 Å². The van der Waals surface area contributed by atoms with Gasteiger partial charge in [0.05, 0.1) is 5.02 Å². The maximum absolute atomic E-state index is 13.2. The van der Waals surface area contributed by atoms with E-state index in [9.17, 15) is 4.39 Å². The van der Waals surface area contributed by atoms with Crippen molar-refractivity contribution in [2.45, 2.75) is 17.4 Å². The van der Waals surface area contributed by atoms with E-state index in [0.29, 0.717) is 6.04 Å². The molecule has 21 heavy (non-hydrogen) atoms. The van der Waals surface area contributed by atoms with Crippen molar-refractivity contribution in [3.05, 3.63) is 63.3 Å². The van der Waals surface area contributed by atoms with E-state index in [-0.39, 0.29) is 10.8 Å². The topological polar surface area (TPSA) is 12.0 Å². The zero-order chi connectivity index (χ0) is 15.2. The Hall–Kier alpha value is -0.550. The minimum Gasteiger partial charge on any atom is -0.316 e. The Labute approximate surface area is 142 Å². The van der Waals surface area contributed by atoms with E-state index < -0.39 is 0 Å². The molecule has 1 atom stereocenters. The van der Waals surface area contributed by atoms with Gasteiger partial charge in [-0.25, -0.2) is 4.39 Å². The monoisotopic (exact) mass is 387 g/mol. The lowest BCUT2D eigenvalue weighted by molar-refractivity contribution is 0.610. The highest BCUT2D eigenvalue weighted by Gasteiger charge is 2.10. The molecule has 0 aliphatic carbocycles. The molecule has 0 amide bonds. The van der Waals surface area contributed by atoms with Gasteiger partial charge in [0.25, 0.3) is 0 Å². The summed E-state index contributed by atoms with van der Waals surface area (Å²) in [5.74, 6) is 0.562. The molecular weight excluding hydrogens is 373 g/mol. The Morgan fingerprint density at radius 3 is 2.76 bits per heavy atom. The average molecular weight is 389 g/mol. The molecule has 0 fully saturated rings. The maximum atomic E-state index is 13.2. The molecule has 0 spiro atoms. The van der Waals surface area contributed by atoms with Crippen LogP contribution in [0.25, 0.3) is 0 Å². The van der Waals surface area contributed by atoms with E-state index >= 15 is 0 Å². The minimum absolute atomic E-state index is 0.182. The highest BCUT2D eigenvalue weighted by molar-refractivity contribution is 9.10. The summed E-state index contributed by atoms with van der Waals surface area (Å²) in [6.07, 6.45) is 0.817. The van der Waals surface area contributed by atoms with Gasteiger partial charge in [-0.15, -0.1) is 11.8 Å². The van der Waals surface area contributed by atoms with Gasteiger partial charge < -0.3 is 5.32 Å². The third-order valence-corrected chi connectivity index (χ3v) is 5.06. The number of hydrogen-bond donors (Lipinski definition) is 1. The summed E-state index contributed by atoms with van der Waals surface area (Å²) in [7, 11) is 1.94. The summed E-state index contributed by atoms with van der Waals surface area (Å²) in [6.45, 7) is 0. The Morgan fingerprint density at radius 1 is 1.29 bits per heavy atom. The fourth-order valence-corrected chi connectivity index (χ4v) is 3.77. The summed E-state index contributed by atoms with van der Waals surface area (Å²) in [5, 5.41) is 3.48. The summed E-state index contributed by atoms with van der Waals surface area (Å²) in [5.41, 5.74) is 1.04. The molecule has 0 radical (unpaired) electrons. The lowest BCUT2D eigenvalue weighted by Crippen LogP contribution is -2.30. The zero-order valence-corrected chi connectivity index (χ0v) is 14.7. The average Bonchev–Trinajstić information content (AvgIpc) is 2.47. The van der Waals surface area contributed by atoms with Gasteiger partial charge in [0.2, 0.25) is 0 Å². The Balaban J connectivity index is 1.95. The van der Waals surface area contributed by atoms with E-state index in [0.717, 1.165) is 22.2 Å². The van der Waals surface area contributed by atoms with Gasteiger partial charge in [0, 0.05) is 21.2 Å². The van der Waals surface area contributed by atoms with Gasteiger partial charge in [0.15, 0.2) is 0 Å². The molecule has 112 valence electrons. The summed E-state index contributed by atoms with van der Waals surface area (Å²) in [4.78, 5) is 1.22. The standard InChI is InChI=1S/C16H16BrClFNS/c1-20-13(7-11-5-6-16(19)15(18)8-11)10-21-14-4-2-3-12(17)9-14/h2-6,8-9,13,20H,7,10H2,1H3. The third kappa shape index (κ3) is 5.29. The molecule has 5 heteroatoms. The van der Waals surface area contributed by atoms with Gasteiger partial charge in [-0.05, 0) is 49.4 Å². The third-order valence-electron chi connectivity index (χ3n) is 3.12. The molecule has 0 saturated carbocycles. The van der Waals surface area contributed by atoms with Crippen molar-refractivity contribution < 1.29 is 4.39 Å². The molecule has 1 nitrogen and oxygen atoms in total. The van der Waals surface area contributed by atoms with Crippen LogP contribution >= 0.6 is 39.3 Å². The van der Waals surface area contributed by atoms with Crippen molar-refractivity contribution in [3.8, 4) is 0 Å². The second kappa shape index (κ2) is 8.18. The Morgan fingerprint density at radius 2 is 2.10 bits per heavy atom. The van der Waals surface area contributed by atoms with Crippen LogP contribution in [0.2, 0.25) is 5.02 Å². The van der Waals surface area contributed by atoms with E-state index in [2.05, 4.69) is 33.4 Å². The molecule has 0 aromatic heterocycles. The number of benzene rings is 2. The van der Waals surface area contributed by atoms with Gasteiger partial charge in [-0.3, -0.25) is 0 Å². The molecule has 2 rings (SSSR count). The van der Waals surface area contributed by atoms with Gasteiger partial charge in [-0.2, -0.15) is 0 Å². The molecule has 2 aromatic carbocycles. The highest BCUT2D eigenvalue weighted by Crippen LogP contribution is 2.24. The molecule has 2 aromatic rings. The second-order valence-electron chi connectivity index (χ2n) is 4.71. The lowest BCUT2D eigenvalue weighted by Gasteiger charge is -2.16. The SMILES string of the molecule is CNC(CSc1cccc(Br)c1)Cc1ccc(F)c(Cl)c1. The summed E-state index contributed by atoms with van der Waals surface area (Å²) in [6, 6.07) is 13.5. The number of nitrogens with one attached hydrogen (secondary N) is 1. The molecule has 0 saturated heterocycles. The first-order valence-corrected chi connectivity index (χ1v) is 8.73. The Bertz CT molecular complexity index is 609. The predicted octanol–water partition coefficient (Wildman–Crippen LogP) is 5.16. The number of rotatable bonds is 6. The fourth-order valence-electron chi connectivity index (χ4n) is 1.95. The normalized spacial score (nSPS) is 12.4. The van der Waals surface area contributed by atoms with Crippen molar-refractivity contribution in [1.29, 1.82) is 0 Å². The lowest BCUT2D eigenvalue weighted by atomic mass is 10.1.